The predicted octanol–water partition coefficient (Wildman–Crippen LogP) is 8.42. The SMILES string of the molecule is CCCc1ccc(-c2c(F)cc(-c3cc4c(F)c(F)c(F)cc4cc3OC(F)F)cc2F)cc1. The number of aryl methyl sites for hydroxylation is 1. The van der Waals surface area contributed by atoms with E-state index in [4.69, 9.17) is 0 Å². The van der Waals surface area contributed by atoms with Crippen molar-refractivity contribution in [3.8, 4) is 28.0 Å². The van der Waals surface area contributed by atoms with Gasteiger partial charge in [0.2, 0.25) is 0 Å². The zero-order valence-corrected chi connectivity index (χ0v) is 17.7. The largest absolute Gasteiger partial charge is 0.434 e. The molecule has 0 saturated heterocycles. The fourth-order valence-electron chi connectivity index (χ4n) is 3.88. The Morgan fingerprint density at radius 3 is 1.97 bits per heavy atom. The molecular formula is C26H17F7O. The lowest BCUT2D eigenvalue weighted by Gasteiger charge is -2.15. The van der Waals surface area contributed by atoms with Gasteiger partial charge in [0, 0.05) is 10.9 Å². The van der Waals surface area contributed by atoms with Crippen molar-refractivity contribution < 1.29 is 35.5 Å². The number of hydrogen-bond donors (Lipinski definition) is 0. The molecule has 34 heavy (non-hydrogen) atoms. The van der Waals surface area contributed by atoms with E-state index >= 15 is 8.78 Å². The smallest absolute Gasteiger partial charge is 0.387 e. The van der Waals surface area contributed by atoms with Crippen molar-refractivity contribution in [1.82, 2.24) is 0 Å². The van der Waals surface area contributed by atoms with Gasteiger partial charge >= 0.3 is 6.61 Å². The minimum absolute atomic E-state index is 0.247. The molecule has 0 bridgehead atoms. The number of ether oxygens (including phenoxy) is 1. The van der Waals surface area contributed by atoms with Gasteiger partial charge in [0.1, 0.15) is 17.4 Å². The van der Waals surface area contributed by atoms with Crippen LogP contribution in [0, 0.1) is 29.1 Å². The zero-order chi connectivity index (χ0) is 24.6. The maximum absolute atomic E-state index is 15.0. The fourth-order valence-corrected chi connectivity index (χ4v) is 3.88. The number of halogens is 7. The summed E-state index contributed by atoms with van der Waals surface area (Å²) in [5, 5.41) is -0.729. The molecule has 4 aromatic rings. The first-order valence-electron chi connectivity index (χ1n) is 10.3. The average molecular weight is 478 g/mol. The van der Waals surface area contributed by atoms with E-state index < -0.39 is 46.8 Å². The van der Waals surface area contributed by atoms with E-state index in [1.165, 1.54) is 0 Å². The Bertz CT molecular complexity index is 1340. The molecular weight excluding hydrogens is 461 g/mol. The average Bonchev–Trinajstić information content (AvgIpc) is 2.78. The van der Waals surface area contributed by atoms with Gasteiger partial charge in [0.25, 0.3) is 0 Å². The first kappa shape index (κ1) is 23.6. The molecule has 4 rings (SSSR count). The van der Waals surface area contributed by atoms with Crippen LogP contribution in [0.3, 0.4) is 0 Å². The zero-order valence-electron chi connectivity index (χ0n) is 17.7. The quantitative estimate of drug-likeness (QED) is 0.200. The second-order valence-electron chi connectivity index (χ2n) is 7.70. The summed E-state index contributed by atoms with van der Waals surface area (Å²) in [6, 6.07) is 10.8. The lowest BCUT2D eigenvalue weighted by molar-refractivity contribution is -0.0493. The van der Waals surface area contributed by atoms with Crippen LogP contribution in [0.1, 0.15) is 18.9 Å². The van der Waals surface area contributed by atoms with Crippen LogP contribution in [-0.2, 0) is 6.42 Å². The Morgan fingerprint density at radius 2 is 1.38 bits per heavy atom. The summed E-state index contributed by atoms with van der Waals surface area (Å²) in [4.78, 5) is 0. The van der Waals surface area contributed by atoms with Gasteiger partial charge in [-0.3, -0.25) is 0 Å². The van der Waals surface area contributed by atoms with Crippen LogP contribution < -0.4 is 4.74 Å². The Kier molecular flexibility index (Phi) is 6.50. The highest BCUT2D eigenvalue weighted by molar-refractivity contribution is 5.91. The van der Waals surface area contributed by atoms with E-state index in [1.807, 2.05) is 6.92 Å². The van der Waals surface area contributed by atoms with Crippen molar-refractivity contribution in [2.75, 3.05) is 0 Å². The predicted molar refractivity (Wildman–Crippen MR) is 115 cm³/mol. The first-order valence-corrected chi connectivity index (χ1v) is 10.3. The minimum atomic E-state index is -3.33. The van der Waals surface area contributed by atoms with E-state index in [1.54, 1.807) is 24.3 Å². The molecule has 8 heteroatoms. The molecule has 0 aliphatic heterocycles. The van der Waals surface area contributed by atoms with Crippen LogP contribution in [0.5, 0.6) is 5.75 Å². The molecule has 0 aliphatic carbocycles. The van der Waals surface area contributed by atoms with E-state index in [0.717, 1.165) is 42.7 Å². The Hall–Kier alpha value is -3.55. The number of rotatable bonds is 6. The molecule has 176 valence electrons. The summed E-state index contributed by atoms with van der Waals surface area (Å²) >= 11 is 0. The summed E-state index contributed by atoms with van der Waals surface area (Å²) in [5.41, 5.74) is 0.374. The van der Waals surface area contributed by atoms with Crippen LogP contribution in [0.4, 0.5) is 30.7 Å². The van der Waals surface area contributed by atoms with Crippen LogP contribution in [0.25, 0.3) is 33.0 Å². The standard InChI is InChI=1S/C26H17F7O/c1-2-3-13-4-6-14(7-5-13)23-19(27)8-15(9-20(23)28)17-12-18-16(11-22(17)34-26(32)33)10-21(29)25(31)24(18)30/h4-12,26H,2-3H2,1H3. The highest BCUT2D eigenvalue weighted by atomic mass is 19.3. The summed E-state index contributed by atoms with van der Waals surface area (Å²) in [6.45, 7) is -1.33. The molecule has 1 nitrogen and oxygen atoms in total. The van der Waals surface area contributed by atoms with E-state index in [9.17, 15) is 22.0 Å². The van der Waals surface area contributed by atoms with Gasteiger partial charge in [-0.25, -0.2) is 22.0 Å². The number of hydrogen-bond acceptors (Lipinski definition) is 1. The summed E-state index contributed by atoms with van der Waals surface area (Å²) < 4.78 is 102. The third-order valence-electron chi connectivity index (χ3n) is 5.42. The Labute approximate surface area is 190 Å². The number of benzene rings is 4. The molecule has 0 unspecified atom stereocenters. The maximum atomic E-state index is 15.0. The Balaban J connectivity index is 1.87. The molecule has 0 atom stereocenters. The highest BCUT2D eigenvalue weighted by Gasteiger charge is 2.21. The topological polar surface area (TPSA) is 9.23 Å². The fraction of sp³-hybridized carbons (Fsp3) is 0.154. The van der Waals surface area contributed by atoms with Crippen molar-refractivity contribution in [1.29, 1.82) is 0 Å². The minimum Gasteiger partial charge on any atom is -0.434 e. The molecule has 0 saturated carbocycles. The number of alkyl halides is 2. The first-order chi connectivity index (χ1) is 16.2. The summed E-state index contributed by atoms with van der Waals surface area (Å²) in [5.74, 6) is -7.42. The van der Waals surface area contributed by atoms with Gasteiger partial charge in [-0.15, -0.1) is 0 Å². The molecule has 0 aromatic heterocycles. The molecule has 0 radical (unpaired) electrons. The highest BCUT2D eigenvalue weighted by Crippen LogP contribution is 2.39. The van der Waals surface area contributed by atoms with Crippen LogP contribution in [0.15, 0.2) is 54.6 Å². The Morgan fingerprint density at radius 1 is 0.735 bits per heavy atom. The monoisotopic (exact) mass is 478 g/mol. The molecule has 0 heterocycles. The normalized spacial score (nSPS) is 11.4. The molecule has 0 spiro atoms. The molecule has 0 fully saturated rings. The molecule has 0 aliphatic rings. The maximum Gasteiger partial charge on any atom is 0.387 e. The van der Waals surface area contributed by atoms with Gasteiger partial charge < -0.3 is 4.74 Å². The van der Waals surface area contributed by atoms with Crippen LogP contribution in [0.2, 0.25) is 0 Å². The van der Waals surface area contributed by atoms with E-state index in [0.29, 0.717) is 6.07 Å². The summed E-state index contributed by atoms with van der Waals surface area (Å²) in [7, 11) is 0. The number of fused-ring (bicyclic) bond motifs is 1. The third kappa shape index (κ3) is 4.44. The van der Waals surface area contributed by atoms with Crippen LogP contribution in [-0.4, -0.2) is 6.61 Å². The van der Waals surface area contributed by atoms with E-state index in [2.05, 4.69) is 4.74 Å². The molecule has 0 amide bonds. The molecule has 4 aromatic carbocycles. The van der Waals surface area contributed by atoms with Gasteiger partial charge in [-0.05, 0) is 58.8 Å². The third-order valence-corrected chi connectivity index (χ3v) is 5.42. The van der Waals surface area contributed by atoms with Crippen molar-refractivity contribution in [3.63, 3.8) is 0 Å². The summed E-state index contributed by atoms with van der Waals surface area (Å²) in [6.07, 6.45) is 1.71. The lowest BCUT2D eigenvalue weighted by atomic mass is 9.95. The lowest BCUT2D eigenvalue weighted by Crippen LogP contribution is -2.04. The van der Waals surface area contributed by atoms with Gasteiger partial charge in [-0.1, -0.05) is 37.6 Å². The van der Waals surface area contributed by atoms with Gasteiger partial charge in [-0.2, -0.15) is 8.78 Å². The second-order valence-corrected chi connectivity index (χ2v) is 7.70. The van der Waals surface area contributed by atoms with Crippen LogP contribution >= 0.6 is 0 Å². The van der Waals surface area contributed by atoms with E-state index in [-0.39, 0.29) is 27.6 Å². The molecule has 0 N–H and O–H groups in total. The van der Waals surface area contributed by atoms with Crippen molar-refractivity contribution >= 4 is 10.8 Å². The van der Waals surface area contributed by atoms with Gasteiger partial charge in [0.05, 0.1) is 5.56 Å². The van der Waals surface area contributed by atoms with Gasteiger partial charge in [0.15, 0.2) is 17.5 Å². The van der Waals surface area contributed by atoms with Crippen molar-refractivity contribution in [3.05, 3.63) is 89.2 Å². The van der Waals surface area contributed by atoms with Crippen molar-refractivity contribution in [2.24, 2.45) is 0 Å². The second kappa shape index (κ2) is 9.37. The van der Waals surface area contributed by atoms with Crippen molar-refractivity contribution in [2.45, 2.75) is 26.4 Å².